The van der Waals surface area contributed by atoms with Crippen molar-refractivity contribution in [2.45, 2.75) is 141 Å². The maximum absolute atomic E-state index is 12.9. The average Bonchev–Trinajstić information content (AvgIpc) is 1.64. The molecule has 0 spiro atoms. The van der Waals surface area contributed by atoms with E-state index in [1.54, 1.807) is 37.4 Å². The van der Waals surface area contributed by atoms with Gasteiger partial charge in [-0.05, 0) is 102 Å². The zero-order chi connectivity index (χ0) is 66.9. The lowest BCUT2D eigenvalue weighted by molar-refractivity contribution is -0.124. The minimum absolute atomic E-state index is 0.000767. The van der Waals surface area contributed by atoms with Gasteiger partial charge in [0.2, 0.25) is 0 Å². The molecule has 15 rings (SSSR count). The third-order valence-electron chi connectivity index (χ3n) is 20.1. The van der Waals surface area contributed by atoms with Crippen molar-refractivity contribution in [2.24, 2.45) is 0 Å². The number of nitrogens with one attached hydrogen (secondary N) is 2. The number of amides is 3. The number of ether oxygens (including phenoxy) is 4. The van der Waals surface area contributed by atoms with E-state index in [9.17, 15) is 28.8 Å². The second-order valence-electron chi connectivity index (χ2n) is 26.9. The number of anilines is 2. The first-order valence-corrected chi connectivity index (χ1v) is 36.9. The van der Waals surface area contributed by atoms with Gasteiger partial charge < -0.3 is 44.3 Å². The first-order valence-electron chi connectivity index (χ1n) is 34.2. The van der Waals surface area contributed by atoms with Crippen molar-refractivity contribution in [1.29, 1.82) is 0 Å². The van der Waals surface area contributed by atoms with Gasteiger partial charge in [-0.2, -0.15) is 0 Å². The van der Waals surface area contributed by atoms with Crippen LogP contribution >= 0.6 is 34.0 Å². The first kappa shape index (κ1) is 68.3. The van der Waals surface area contributed by atoms with Crippen molar-refractivity contribution in [1.82, 2.24) is 29.4 Å². The van der Waals surface area contributed by atoms with Gasteiger partial charge in [0.1, 0.15) is 0 Å². The summed E-state index contributed by atoms with van der Waals surface area (Å²) >= 11 is 4.70. The SMILES string of the molecule is C=C1CC[C@H](N2Cc3c(CNc4ccc(CN5CCOCC5)cc4)csc3C2=O)C(=O)C1.C=C1CC[C@H](N2Cc3c(csc3CNc3ccc(CN4CCOCC4)cc3)C2=O)C(=O)C1.C=C1CC[C@H](N2Cc3c(csc3COCc3ccc(CN4CCOCC4)cc3)C2=O)C(=O)C1. The van der Waals surface area contributed by atoms with Crippen molar-refractivity contribution in [3.05, 3.63) is 196 Å². The van der Waals surface area contributed by atoms with E-state index in [1.807, 2.05) is 10.8 Å². The number of benzene rings is 3. The molecular formula is C76H88N8O10S3. The maximum atomic E-state index is 12.9. The fraction of sp³-hybridized carbons (Fsp3) is 0.447. The molecule has 3 aromatic carbocycles. The van der Waals surface area contributed by atoms with Crippen LogP contribution in [0.5, 0.6) is 0 Å². The summed E-state index contributed by atoms with van der Waals surface area (Å²) in [7, 11) is 0. The van der Waals surface area contributed by atoms with E-state index in [0.717, 1.165) is 195 Å². The number of Topliss-reactive ketones (excluding diaryl/α,β-unsaturated/α-hetero) is 3. The van der Waals surface area contributed by atoms with Gasteiger partial charge in [-0.15, -0.1) is 34.0 Å². The van der Waals surface area contributed by atoms with E-state index in [2.05, 4.69) is 123 Å². The van der Waals surface area contributed by atoms with Crippen LogP contribution in [0.2, 0.25) is 0 Å². The zero-order valence-electron chi connectivity index (χ0n) is 55.4. The van der Waals surface area contributed by atoms with Crippen molar-refractivity contribution in [2.75, 3.05) is 89.5 Å². The van der Waals surface area contributed by atoms with Gasteiger partial charge in [0.25, 0.3) is 17.7 Å². The van der Waals surface area contributed by atoms with Gasteiger partial charge in [-0.1, -0.05) is 85.0 Å². The third-order valence-corrected chi connectivity index (χ3v) is 23.2. The molecule has 3 aromatic heterocycles. The highest BCUT2D eigenvalue weighted by Gasteiger charge is 2.43. The largest absolute Gasteiger partial charge is 0.381 e. The van der Waals surface area contributed by atoms with Gasteiger partial charge in [0.15, 0.2) is 17.3 Å². The van der Waals surface area contributed by atoms with Gasteiger partial charge >= 0.3 is 0 Å². The first-order chi connectivity index (χ1) is 47.2. The van der Waals surface area contributed by atoms with Crippen LogP contribution in [-0.4, -0.2) is 162 Å². The van der Waals surface area contributed by atoms with Crippen molar-refractivity contribution in [3.63, 3.8) is 0 Å². The monoisotopic (exact) mass is 1370 g/mol. The molecule has 3 saturated carbocycles. The minimum atomic E-state index is -0.315. The summed E-state index contributed by atoms with van der Waals surface area (Å²) < 4.78 is 22.3. The predicted molar refractivity (Wildman–Crippen MR) is 379 cm³/mol. The molecule has 0 radical (unpaired) electrons. The molecule has 3 saturated heterocycles. The molecule has 6 aliphatic heterocycles. The summed E-state index contributed by atoms with van der Waals surface area (Å²) in [4.78, 5) is 91.8. The van der Waals surface area contributed by atoms with Gasteiger partial charge in [0.05, 0.1) is 87.0 Å². The summed E-state index contributed by atoms with van der Waals surface area (Å²) in [6.45, 7) is 29.4. The van der Waals surface area contributed by atoms with Gasteiger partial charge in [-0.25, -0.2) is 0 Å². The smallest absolute Gasteiger partial charge is 0.265 e. The Morgan fingerprint density at radius 2 is 0.814 bits per heavy atom. The number of fused-ring (bicyclic) bond motifs is 3. The predicted octanol–water partition coefficient (Wildman–Crippen LogP) is 11.6. The van der Waals surface area contributed by atoms with E-state index < -0.39 is 0 Å². The molecule has 9 aliphatic rings. The number of carbonyl (C=O) groups is 6. The number of rotatable bonds is 19. The van der Waals surface area contributed by atoms with Crippen LogP contribution < -0.4 is 10.6 Å². The fourth-order valence-electron chi connectivity index (χ4n) is 14.4. The normalized spacial score (nSPS) is 21.8. The summed E-state index contributed by atoms with van der Waals surface area (Å²) in [6.07, 6.45) is 5.73. The Bertz CT molecular complexity index is 3710. The molecule has 3 atom stereocenters. The second-order valence-corrected chi connectivity index (χ2v) is 29.7. The summed E-state index contributed by atoms with van der Waals surface area (Å²) in [5, 5.41) is 12.9. The lowest BCUT2D eigenvalue weighted by Gasteiger charge is -2.30. The Balaban J connectivity index is 0.000000131. The molecule has 510 valence electrons. The topological polar surface area (TPSA) is 183 Å². The van der Waals surface area contributed by atoms with E-state index in [0.29, 0.717) is 84.5 Å². The van der Waals surface area contributed by atoms with Crippen molar-refractivity contribution >= 4 is 80.5 Å². The highest BCUT2D eigenvalue weighted by atomic mass is 32.1. The number of hydrogen-bond acceptors (Lipinski definition) is 18. The minimum Gasteiger partial charge on any atom is -0.381 e. The average molecular weight is 1370 g/mol. The van der Waals surface area contributed by atoms with Crippen LogP contribution in [0, 0.1) is 0 Å². The summed E-state index contributed by atoms with van der Waals surface area (Å²) in [6, 6.07) is 24.8. The molecular weight excluding hydrogens is 1280 g/mol. The number of nitrogens with zero attached hydrogens (tertiary/aromatic N) is 6. The van der Waals surface area contributed by atoms with Crippen molar-refractivity contribution in [3.8, 4) is 0 Å². The number of hydrogen-bond donors (Lipinski definition) is 2. The van der Waals surface area contributed by atoms with Crippen LogP contribution in [0.1, 0.15) is 142 Å². The Morgan fingerprint density at radius 1 is 0.433 bits per heavy atom. The van der Waals surface area contributed by atoms with Crippen LogP contribution in [-0.2, 0) is 98.9 Å². The third kappa shape index (κ3) is 16.6. The number of allylic oxidation sites excluding steroid dienone is 3. The molecule has 0 bridgehead atoms. The lowest BCUT2D eigenvalue weighted by Crippen LogP contribution is -2.43. The molecule has 21 heteroatoms. The maximum Gasteiger partial charge on any atom is 0.265 e. The molecule has 6 aromatic rings. The van der Waals surface area contributed by atoms with E-state index >= 15 is 0 Å². The second kappa shape index (κ2) is 31.7. The zero-order valence-corrected chi connectivity index (χ0v) is 57.9. The van der Waals surface area contributed by atoms with Gasteiger partial charge in [-0.3, -0.25) is 43.5 Å². The molecule has 0 unspecified atom stereocenters. The number of ketones is 3. The number of morpholine rings is 3. The summed E-state index contributed by atoms with van der Waals surface area (Å²) in [5.74, 6) is 0.356. The van der Waals surface area contributed by atoms with E-state index in [1.165, 1.54) is 32.9 Å². The fourth-order valence-corrected chi connectivity index (χ4v) is 17.4. The number of thiophene rings is 3. The van der Waals surface area contributed by atoms with E-state index in [4.69, 9.17) is 18.9 Å². The lowest BCUT2D eigenvalue weighted by atomic mass is 9.89. The standard InChI is InChI=1S/C26H30N2O4S.2C25H29N3O3S/c1-18-2-7-23(24(29)12-18)28-14-21-22(26(28)30)17-33-25(21)16-32-15-20-5-3-19(4-6-20)13-27-8-10-31-11-9-27;1-17-2-7-22(23(29)12-17)28-15-21-19(16-32-24(21)25(28)30)13-26-20-5-3-18(4-6-20)14-27-8-10-31-11-9-27;1-17-2-7-22(23(29)12-17)28-15-20-21(25(28)30)16-32-24(20)13-26-19-5-3-18(4-6-19)14-27-8-10-31-11-9-27/h3-6,17,23H,1-2,7-16H2;2*3-6,16,22,26H,1-2,7-15H2/t23-;2*22-/m000/s1. The Morgan fingerprint density at radius 3 is 1.26 bits per heavy atom. The molecule has 2 N–H and O–H groups in total. The Kier molecular flexibility index (Phi) is 22.3. The molecule has 18 nitrogen and oxygen atoms in total. The highest BCUT2D eigenvalue weighted by molar-refractivity contribution is 7.12. The van der Waals surface area contributed by atoms with Gasteiger partial charge in [0, 0.05) is 154 Å². The quantitative estimate of drug-likeness (QED) is 0.0730. The number of carbonyl (C=O) groups excluding carboxylic acids is 6. The molecule has 9 heterocycles. The Labute approximate surface area is 580 Å². The van der Waals surface area contributed by atoms with Crippen LogP contribution in [0.25, 0.3) is 0 Å². The van der Waals surface area contributed by atoms with Crippen LogP contribution in [0.15, 0.2) is 125 Å². The van der Waals surface area contributed by atoms with Crippen LogP contribution in [0.4, 0.5) is 11.4 Å². The van der Waals surface area contributed by atoms with Crippen LogP contribution in [0.3, 0.4) is 0 Å². The summed E-state index contributed by atoms with van der Waals surface area (Å²) in [5.41, 5.74) is 15.9. The Hall–Kier alpha value is -7.28. The van der Waals surface area contributed by atoms with E-state index in [-0.39, 0.29) is 53.2 Å². The highest BCUT2D eigenvalue weighted by Crippen LogP contribution is 2.40. The molecule has 6 fully saturated rings. The molecule has 3 aliphatic carbocycles. The molecule has 3 amide bonds. The molecule has 97 heavy (non-hydrogen) atoms. The van der Waals surface area contributed by atoms with Crippen molar-refractivity contribution < 1.29 is 47.7 Å².